The van der Waals surface area contributed by atoms with E-state index in [0.717, 1.165) is 19.3 Å². The van der Waals surface area contributed by atoms with Gasteiger partial charge < -0.3 is 10.6 Å². The maximum atomic E-state index is 12.3. The van der Waals surface area contributed by atoms with Crippen LogP contribution >= 0.6 is 58.0 Å². The Kier molecular flexibility index (Phi) is 14.6. The minimum absolute atomic E-state index is 0.158. The van der Waals surface area contributed by atoms with Crippen LogP contribution in [0.4, 0.5) is 5.69 Å². The molecule has 1 atom stereocenters. The quantitative estimate of drug-likeness (QED) is 0.138. The predicted molar refractivity (Wildman–Crippen MR) is 133 cm³/mol. The summed E-state index contributed by atoms with van der Waals surface area (Å²) in [6.07, 6.45) is 13.0. The van der Waals surface area contributed by atoms with Crippen molar-refractivity contribution in [1.82, 2.24) is 5.32 Å². The zero-order valence-corrected chi connectivity index (χ0v) is 21.4. The SMILES string of the molecule is CCCCCCCCCCCCCC(=O)NC(Nc1ccc(Cl)c(Cl)c1)C(Cl)(Cl)Cl. The zero-order valence-electron chi connectivity index (χ0n) is 17.6. The van der Waals surface area contributed by atoms with Crippen molar-refractivity contribution in [3.8, 4) is 0 Å². The largest absolute Gasteiger partial charge is 0.362 e. The second kappa shape index (κ2) is 15.7. The number of benzene rings is 1. The second-order valence-electron chi connectivity index (χ2n) is 7.60. The summed E-state index contributed by atoms with van der Waals surface area (Å²) in [4.78, 5) is 12.3. The number of unbranched alkanes of at least 4 members (excludes halogenated alkanes) is 10. The molecule has 0 saturated carbocycles. The highest BCUT2D eigenvalue weighted by Gasteiger charge is 2.34. The Morgan fingerprint density at radius 2 is 1.40 bits per heavy atom. The fourth-order valence-corrected chi connectivity index (χ4v) is 3.76. The highest BCUT2D eigenvalue weighted by molar-refractivity contribution is 6.68. The van der Waals surface area contributed by atoms with Crippen LogP contribution in [0.3, 0.4) is 0 Å². The lowest BCUT2D eigenvalue weighted by atomic mass is 10.1. The van der Waals surface area contributed by atoms with Crippen LogP contribution in [0.25, 0.3) is 0 Å². The molecule has 0 bridgehead atoms. The van der Waals surface area contributed by atoms with E-state index < -0.39 is 9.96 Å². The molecule has 0 aliphatic rings. The van der Waals surface area contributed by atoms with Crippen LogP contribution in [0.5, 0.6) is 0 Å². The van der Waals surface area contributed by atoms with Gasteiger partial charge in [0.25, 0.3) is 0 Å². The van der Waals surface area contributed by atoms with Gasteiger partial charge in [-0.2, -0.15) is 0 Å². The first-order chi connectivity index (χ1) is 14.2. The molecule has 1 unspecified atom stereocenters. The maximum absolute atomic E-state index is 12.3. The van der Waals surface area contributed by atoms with Gasteiger partial charge in [0.05, 0.1) is 10.0 Å². The minimum Gasteiger partial charge on any atom is -0.362 e. The number of hydrogen-bond acceptors (Lipinski definition) is 2. The molecule has 3 nitrogen and oxygen atoms in total. The van der Waals surface area contributed by atoms with Crippen LogP contribution in [0.2, 0.25) is 10.0 Å². The Labute approximate surface area is 206 Å². The molecule has 2 N–H and O–H groups in total. The van der Waals surface area contributed by atoms with E-state index in [2.05, 4.69) is 17.6 Å². The molecular weight excluding hydrogens is 486 g/mol. The van der Waals surface area contributed by atoms with E-state index in [1.165, 1.54) is 51.4 Å². The van der Waals surface area contributed by atoms with Gasteiger partial charge in [0.15, 0.2) is 0 Å². The van der Waals surface area contributed by atoms with Crippen molar-refractivity contribution in [2.45, 2.75) is 93.9 Å². The second-order valence-corrected chi connectivity index (χ2v) is 10.8. The van der Waals surface area contributed by atoms with Gasteiger partial charge in [-0.25, -0.2) is 0 Å². The van der Waals surface area contributed by atoms with Crippen LogP contribution in [0.15, 0.2) is 18.2 Å². The first kappa shape index (κ1) is 28.0. The van der Waals surface area contributed by atoms with Gasteiger partial charge in [-0.15, -0.1) is 0 Å². The monoisotopic (exact) mass is 516 g/mol. The van der Waals surface area contributed by atoms with Gasteiger partial charge >= 0.3 is 0 Å². The Morgan fingerprint density at radius 3 is 1.90 bits per heavy atom. The first-order valence-corrected chi connectivity index (χ1v) is 12.7. The fraction of sp³-hybridized carbons (Fsp3) is 0.682. The van der Waals surface area contributed by atoms with Gasteiger partial charge in [0.2, 0.25) is 9.70 Å². The van der Waals surface area contributed by atoms with E-state index in [1.54, 1.807) is 18.2 Å². The summed E-state index contributed by atoms with van der Waals surface area (Å²) in [7, 11) is 0. The standard InChI is InChI=1S/C22H33Cl5N2O/c1-2-3-4-5-6-7-8-9-10-11-12-13-20(30)29-21(22(25,26)27)28-17-14-15-18(23)19(24)16-17/h14-16,21,28H,2-13H2,1H3,(H,29,30). The number of amides is 1. The smallest absolute Gasteiger partial charge is 0.228 e. The van der Waals surface area contributed by atoms with Crippen LogP contribution in [0, 0.1) is 0 Å². The summed E-state index contributed by atoms with van der Waals surface area (Å²) in [5.41, 5.74) is 0.593. The molecule has 8 heteroatoms. The molecule has 0 saturated heterocycles. The Morgan fingerprint density at radius 1 is 0.867 bits per heavy atom. The summed E-state index contributed by atoms with van der Waals surface area (Å²) < 4.78 is -1.72. The van der Waals surface area contributed by atoms with Crippen LogP contribution in [0.1, 0.15) is 84.0 Å². The summed E-state index contributed by atoms with van der Waals surface area (Å²) in [6.45, 7) is 2.24. The Bertz CT molecular complexity index is 622. The third kappa shape index (κ3) is 12.7. The molecule has 1 aromatic rings. The van der Waals surface area contributed by atoms with Crippen molar-refractivity contribution in [3.05, 3.63) is 28.2 Å². The van der Waals surface area contributed by atoms with Gasteiger partial charge in [-0.1, -0.05) is 129 Å². The first-order valence-electron chi connectivity index (χ1n) is 10.8. The number of alkyl halides is 3. The molecular formula is C22H33Cl5N2O. The van der Waals surface area contributed by atoms with Crippen molar-refractivity contribution < 1.29 is 4.79 Å². The van der Waals surface area contributed by atoms with E-state index in [9.17, 15) is 4.79 Å². The molecule has 0 aromatic heterocycles. The number of hydrogen-bond donors (Lipinski definition) is 2. The minimum atomic E-state index is -1.72. The highest BCUT2D eigenvalue weighted by Crippen LogP contribution is 2.32. The fourth-order valence-electron chi connectivity index (χ4n) is 3.14. The number of halogens is 5. The maximum Gasteiger partial charge on any atom is 0.228 e. The van der Waals surface area contributed by atoms with E-state index >= 15 is 0 Å². The van der Waals surface area contributed by atoms with Crippen molar-refractivity contribution in [3.63, 3.8) is 0 Å². The molecule has 0 fully saturated rings. The summed E-state index contributed by atoms with van der Waals surface area (Å²) in [5, 5.41) is 6.54. The van der Waals surface area contributed by atoms with Gasteiger partial charge in [-0.05, 0) is 24.6 Å². The molecule has 0 radical (unpaired) electrons. The summed E-state index contributed by atoms with van der Waals surface area (Å²) in [6, 6.07) is 4.95. The lowest BCUT2D eigenvalue weighted by molar-refractivity contribution is -0.121. The molecule has 0 aliphatic carbocycles. The highest BCUT2D eigenvalue weighted by atomic mass is 35.6. The topological polar surface area (TPSA) is 41.1 Å². The lowest BCUT2D eigenvalue weighted by Gasteiger charge is -2.27. The molecule has 1 aromatic carbocycles. The van der Waals surface area contributed by atoms with Crippen molar-refractivity contribution in [2.75, 3.05) is 5.32 Å². The number of anilines is 1. The zero-order chi connectivity index (χ0) is 22.4. The Balaban J connectivity index is 2.25. The van der Waals surface area contributed by atoms with Crippen LogP contribution in [-0.4, -0.2) is 15.9 Å². The number of nitrogens with one attached hydrogen (secondary N) is 2. The van der Waals surface area contributed by atoms with Gasteiger partial charge in [0, 0.05) is 12.1 Å². The average molecular weight is 519 g/mol. The van der Waals surface area contributed by atoms with Crippen molar-refractivity contribution in [2.24, 2.45) is 0 Å². The molecule has 0 aliphatic heterocycles. The third-order valence-electron chi connectivity index (χ3n) is 4.87. The van der Waals surface area contributed by atoms with E-state index in [1.807, 2.05) is 0 Å². The molecule has 0 heterocycles. The van der Waals surface area contributed by atoms with Crippen molar-refractivity contribution >= 4 is 69.6 Å². The number of carbonyl (C=O) groups excluding carboxylic acids is 1. The summed E-state index contributed by atoms with van der Waals surface area (Å²) >= 11 is 30.0. The van der Waals surface area contributed by atoms with Gasteiger partial charge in [-0.3, -0.25) is 4.79 Å². The summed E-state index contributed by atoms with van der Waals surface area (Å²) in [5.74, 6) is -0.158. The lowest BCUT2D eigenvalue weighted by Crippen LogP contribution is -2.49. The molecule has 30 heavy (non-hydrogen) atoms. The number of rotatable bonds is 15. The van der Waals surface area contributed by atoms with Crippen molar-refractivity contribution in [1.29, 1.82) is 0 Å². The van der Waals surface area contributed by atoms with Crippen LogP contribution < -0.4 is 10.6 Å². The predicted octanol–water partition coefficient (Wildman–Crippen LogP) is 8.92. The van der Waals surface area contributed by atoms with E-state index in [0.29, 0.717) is 22.2 Å². The number of carbonyl (C=O) groups is 1. The normalized spacial score (nSPS) is 12.6. The molecule has 172 valence electrons. The van der Waals surface area contributed by atoms with Crippen LogP contribution in [-0.2, 0) is 4.79 Å². The average Bonchev–Trinajstić information content (AvgIpc) is 2.67. The molecule has 0 spiro atoms. The van der Waals surface area contributed by atoms with E-state index in [-0.39, 0.29) is 5.91 Å². The molecule has 1 amide bonds. The molecule has 1 rings (SSSR count). The Hall–Kier alpha value is -0.0600. The van der Waals surface area contributed by atoms with E-state index in [4.69, 9.17) is 58.0 Å². The third-order valence-corrected chi connectivity index (χ3v) is 6.26. The van der Waals surface area contributed by atoms with Gasteiger partial charge in [0.1, 0.15) is 6.17 Å².